The highest BCUT2D eigenvalue weighted by atomic mass is 32.2. The molecule has 1 aromatic carbocycles. The van der Waals surface area contributed by atoms with Gasteiger partial charge in [-0.05, 0) is 30.3 Å². The van der Waals surface area contributed by atoms with Crippen LogP contribution in [0.5, 0.6) is 0 Å². The van der Waals surface area contributed by atoms with Gasteiger partial charge in [-0.2, -0.15) is 26.3 Å². The quantitative estimate of drug-likeness (QED) is 0.445. The number of aromatic nitrogens is 3. The number of furan rings is 1. The molecule has 1 amide bonds. The first-order valence-electron chi connectivity index (χ1n) is 8.10. The number of nitrogens with one attached hydrogen (secondary N) is 1. The van der Waals surface area contributed by atoms with E-state index >= 15 is 0 Å². The minimum atomic E-state index is -5.00. The predicted molar refractivity (Wildman–Crippen MR) is 94.5 cm³/mol. The number of carbonyl (C=O) groups excluding carboxylic acids is 1. The number of anilines is 1. The van der Waals surface area contributed by atoms with Crippen LogP contribution in [0, 0.1) is 0 Å². The molecular formula is C17H12F6N4O2S. The molecule has 0 fully saturated rings. The molecule has 13 heteroatoms. The summed E-state index contributed by atoms with van der Waals surface area (Å²) in [6.07, 6.45) is -8.57. The second-order valence-corrected chi connectivity index (χ2v) is 6.92. The number of nitrogens with zero attached hydrogens (tertiary/aromatic N) is 3. The third-order valence-corrected chi connectivity index (χ3v) is 4.80. The standard InChI is InChI=1S/C17H12F6N4O2S/c1-27-14(12-3-2-4-29-12)25-26-15(27)30-8-13(28)24-11-6-9(16(18,19)20)5-10(7-11)17(21,22)23/h2-7H,8H2,1H3,(H,24,28). The van der Waals surface area contributed by atoms with Crippen LogP contribution in [0.3, 0.4) is 0 Å². The van der Waals surface area contributed by atoms with E-state index in [-0.39, 0.29) is 11.8 Å². The molecule has 30 heavy (non-hydrogen) atoms. The topological polar surface area (TPSA) is 73.0 Å². The number of carbonyl (C=O) groups is 1. The van der Waals surface area contributed by atoms with E-state index in [1.165, 1.54) is 10.8 Å². The van der Waals surface area contributed by atoms with Crippen molar-refractivity contribution < 1.29 is 35.6 Å². The molecule has 0 spiro atoms. The van der Waals surface area contributed by atoms with Gasteiger partial charge in [-0.15, -0.1) is 10.2 Å². The first kappa shape index (κ1) is 21.7. The number of benzene rings is 1. The first-order valence-corrected chi connectivity index (χ1v) is 9.09. The van der Waals surface area contributed by atoms with Crippen LogP contribution in [0.4, 0.5) is 32.0 Å². The minimum absolute atomic E-state index is 0.0138. The number of hydrogen-bond donors (Lipinski definition) is 1. The van der Waals surface area contributed by atoms with Crippen LogP contribution in [0.1, 0.15) is 11.1 Å². The number of thioether (sulfide) groups is 1. The zero-order valence-electron chi connectivity index (χ0n) is 15.0. The van der Waals surface area contributed by atoms with E-state index in [2.05, 4.69) is 15.5 Å². The van der Waals surface area contributed by atoms with Crippen LogP contribution in [-0.4, -0.2) is 26.4 Å². The van der Waals surface area contributed by atoms with Gasteiger partial charge in [-0.3, -0.25) is 4.79 Å². The van der Waals surface area contributed by atoms with Crippen molar-refractivity contribution in [3.63, 3.8) is 0 Å². The lowest BCUT2D eigenvalue weighted by Gasteiger charge is -2.14. The van der Waals surface area contributed by atoms with E-state index < -0.39 is 35.1 Å². The normalized spacial score (nSPS) is 12.2. The van der Waals surface area contributed by atoms with Crippen LogP contribution in [0.2, 0.25) is 0 Å². The molecule has 2 aromatic heterocycles. The van der Waals surface area contributed by atoms with E-state index in [1.807, 2.05) is 0 Å². The van der Waals surface area contributed by atoms with Crippen molar-refractivity contribution in [2.24, 2.45) is 7.05 Å². The van der Waals surface area contributed by atoms with Gasteiger partial charge in [0.2, 0.25) is 5.91 Å². The fourth-order valence-corrected chi connectivity index (χ4v) is 3.13. The first-order chi connectivity index (χ1) is 13.9. The van der Waals surface area contributed by atoms with Gasteiger partial charge in [0.25, 0.3) is 0 Å². The van der Waals surface area contributed by atoms with Crippen LogP contribution in [0.15, 0.2) is 46.2 Å². The predicted octanol–water partition coefficient (Wildman–Crippen LogP) is 4.84. The van der Waals surface area contributed by atoms with E-state index in [9.17, 15) is 31.1 Å². The molecule has 0 atom stereocenters. The summed E-state index contributed by atoms with van der Waals surface area (Å²) in [5.41, 5.74) is -3.65. The average molecular weight is 450 g/mol. The lowest BCUT2D eigenvalue weighted by atomic mass is 10.1. The summed E-state index contributed by atoms with van der Waals surface area (Å²) >= 11 is 0.903. The van der Waals surface area contributed by atoms with Crippen molar-refractivity contribution in [1.29, 1.82) is 0 Å². The Hall–Kier alpha value is -2.96. The van der Waals surface area contributed by atoms with E-state index in [1.54, 1.807) is 19.2 Å². The van der Waals surface area contributed by atoms with Crippen molar-refractivity contribution in [3.05, 3.63) is 47.7 Å². The molecule has 0 aliphatic rings. The van der Waals surface area contributed by atoms with Gasteiger partial charge in [0.05, 0.1) is 23.1 Å². The van der Waals surface area contributed by atoms with Crippen LogP contribution in [-0.2, 0) is 24.2 Å². The Balaban J connectivity index is 1.72. The fourth-order valence-electron chi connectivity index (χ4n) is 2.42. The third kappa shape index (κ3) is 4.96. The Morgan fingerprint density at radius 2 is 1.73 bits per heavy atom. The number of rotatable bonds is 5. The molecule has 0 radical (unpaired) electrons. The lowest BCUT2D eigenvalue weighted by molar-refractivity contribution is -0.143. The maximum absolute atomic E-state index is 12.9. The van der Waals surface area contributed by atoms with Gasteiger partial charge < -0.3 is 14.3 Å². The second kappa shape index (κ2) is 8.05. The molecule has 3 rings (SSSR count). The summed E-state index contributed by atoms with van der Waals surface area (Å²) in [6.45, 7) is 0. The third-order valence-electron chi connectivity index (χ3n) is 3.78. The Kier molecular flexibility index (Phi) is 5.83. The largest absolute Gasteiger partial charge is 0.461 e. The molecule has 0 bridgehead atoms. The Morgan fingerprint density at radius 1 is 1.10 bits per heavy atom. The number of hydrogen-bond acceptors (Lipinski definition) is 5. The van der Waals surface area contributed by atoms with Crippen LogP contribution in [0.25, 0.3) is 11.6 Å². The Morgan fingerprint density at radius 3 is 2.27 bits per heavy atom. The summed E-state index contributed by atoms with van der Waals surface area (Å²) in [7, 11) is 1.61. The summed E-state index contributed by atoms with van der Waals surface area (Å²) in [5.74, 6) is -0.308. The SMILES string of the molecule is Cn1c(SCC(=O)Nc2cc(C(F)(F)F)cc(C(F)(F)F)c2)nnc1-c1ccco1. The van der Waals surface area contributed by atoms with Gasteiger partial charge >= 0.3 is 12.4 Å². The highest BCUT2D eigenvalue weighted by Gasteiger charge is 2.37. The van der Waals surface area contributed by atoms with Crippen molar-refractivity contribution >= 4 is 23.4 Å². The van der Waals surface area contributed by atoms with Crippen molar-refractivity contribution in [3.8, 4) is 11.6 Å². The maximum atomic E-state index is 12.9. The number of alkyl halides is 6. The second-order valence-electron chi connectivity index (χ2n) is 5.97. The van der Waals surface area contributed by atoms with Crippen molar-refractivity contribution in [2.45, 2.75) is 17.5 Å². The summed E-state index contributed by atoms with van der Waals surface area (Å²) in [6, 6.07) is 4.16. The molecule has 160 valence electrons. The van der Waals surface area contributed by atoms with E-state index in [4.69, 9.17) is 4.42 Å². The van der Waals surface area contributed by atoms with Gasteiger partial charge in [-0.25, -0.2) is 0 Å². The molecule has 0 aliphatic carbocycles. The Bertz CT molecular complexity index is 1010. The Labute approximate surface area is 169 Å². The molecule has 1 N–H and O–H groups in total. The summed E-state index contributed by atoms with van der Waals surface area (Å²) in [5, 5.41) is 10.2. The molecule has 0 aliphatic heterocycles. The average Bonchev–Trinajstić information content (AvgIpc) is 3.28. The smallest absolute Gasteiger partial charge is 0.416 e. The van der Waals surface area contributed by atoms with Crippen LogP contribution >= 0.6 is 11.8 Å². The molecule has 2 heterocycles. The monoisotopic (exact) mass is 450 g/mol. The van der Waals surface area contributed by atoms with Gasteiger partial charge in [0.15, 0.2) is 16.7 Å². The zero-order chi connectivity index (χ0) is 22.1. The van der Waals surface area contributed by atoms with Gasteiger partial charge in [0.1, 0.15) is 0 Å². The van der Waals surface area contributed by atoms with Crippen LogP contribution < -0.4 is 5.32 Å². The highest BCUT2D eigenvalue weighted by Crippen LogP contribution is 2.37. The maximum Gasteiger partial charge on any atom is 0.416 e. The summed E-state index contributed by atoms with van der Waals surface area (Å²) in [4.78, 5) is 12.1. The molecular weight excluding hydrogens is 438 g/mol. The number of amides is 1. The van der Waals surface area contributed by atoms with Gasteiger partial charge in [-0.1, -0.05) is 11.8 Å². The number of halogens is 6. The van der Waals surface area contributed by atoms with Crippen molar-refractivity contribution in [2.75, 3.05) is 11.1 Å². The summed E-state index contributed by atoms with van der Waals surface area (Å²) < 4.78 is 84.1. The van der Waals surface area contributed by atoms with Gasteiger partial charge in [0, 0.05) is 12.7 Å². The molecule has 3 aromatic rings. The highest BCUT2D eigenvalue weighted by molar-refractivity contribution is 7.99. The van der Waals surface area contributed by atoms with Crippen molar-refractivity contribution in [1.82, 2.24) is 14.8 Å². The fraction of sp³-hybridized carbons (Fsp3) is 0.235. The lowest BCUT2D eigenvalue weighted by Crippen LogP contribution is -2.17. The van der Waals surface area contributed by atoms with E-state index in [0.29, 0.717) is 28.9 Å². The molecule has 0 unspecified atom stereocenters. The molecule has 0 saturated heterocycles. The van der Waals surface area contributed by atoms with E-state index in [0.717, 1.165) is 11.8 Å². The zero-order valence-corrected chi connectivity index (χ0v) is 15.8. The molecule has 6 nitrogen and oxygen atoms in total. The minimum Gasteiger partial charge on any atom is -0.461 e. The molecule has 0 saturated carbocycles.